The first kappa shape index (κ1) is 59.9. The van der Waals surface area contributed by atoms with Gasteiger partial charge in [0, 0.05) is 24.7 Å². The Labute approximate surface area is 401 Å². The summed E-state index contributed by atoms with van der Waals surface area (Å²) < 4.78 is 17.1. The second-order valence-corrected chi connectivity index (χ2v) is 20.4. The van der Waals surface area contributed by atoms with Gasteiger partial charge in [0.2, 0.25) is 0 Å². The van der Waals surface area contributed by atoms with Crippen LogP contribution in [0.5, 0.6) is 0 Å². The molecular formula is C52H89ClO13. The van der Waals surface area contributed by atoms with E-state index in [4.69, 9.17) is 25.8 Å². The first-order valence-corrected chi connectivity index (χ1v) is 25.6. The number of esters is 2. The maximum absolute atomic E-state index is 13.2. The Hall–Kier alpha value is -2.20. The molecule has 1 fully saturated rings. The summed E-state index contributed by atoms with van der Waals surface area (Å²) in [4.78, 5) is 38.5. The maximum Gasteiger partial charge on any atom is 0.312 e. The second kappa shape index (κ2) is 31.8. The van der Waals surface area contributed by atoms with Crippen molar-refractivity contribution < 1.29 is 64.3 Å². The van der Waals surface area contributed by atoms with Crippen molar-refractivity contribution in [2.24, 2.45) is 35.5 Å². The molecule has 0 aromatic heterocycles. The minimum atomic E-state index is -1.64. The molecule has 2 aliphatic rings. The summed E-state index contributed by atoms with van der Waals surface area (Å²) in [6.45, 7) is 13.7. The highest BCUT2D eigenvalue weighted by Crippen LogP contribution is 2.34. The van der Waals surface area contributed by atoms with Crippen LogP contribution >= 0.6 is 11.6 Å². The monoisotopic (exact) mass is 957 g/mol. The number of hydrogen-bond acceptors (Lipinski definition) is 13. The summed E-state index contributed by atoms with van der Waals surface area (Å²) in [6, 6.07) is 0. The van der Waals surface area contributed by atoms with E-state index in [1.54, 1.807) is 46.8 Å². The number of rotatable bonds is 28. The molecule has 0 amide bonds. The van der Waals surface area contributed by atoms with Crippen LogP contribution in [0.4, 0.5) is 0 Å². The van der Waals surface area contributed by atoms with Crippen LogP contribution in [0.25, 0.3) is 0 Å². The molecule has 7 N–H and O–H groups in total. The highest BCUT2D eigenvalue weighted by atomic mass is 35.5. The Kier molecular flexibility index (Phi) is 28.9. The van der Waals surface area contributed by atoms with E-state index in [9.17, 15) is 50.1 Å². The minimum absolute atomic E-state index is 0.0543. The Morgan fingerprint density at radius 3 is 2.05 bits per heavy atom. The second-order valence-electron chi connectivity index (χ2n) is 19.8. The Bertz CT molecular complexity index is 1490. The molecule has 14 heteroatoms. The number of fused-ring (bicyclic) bond motifs is 2. The van der Waals surface area contributed by atoms with Gasteiger partial charge in [-0.25, -0.2) is 0 Å². The summed E-state index contributed by atoms with van der Waals surface area (Å²) >= 11 is 6.52. The lowest BCUT2D eigenvalue weighted by Gasteiger charge is -2.31. The lowest BCUT2D eigenvalue weighted by atomic mass is 9.83. The van der Waals surface area contributed by atoms with Gasteiger partial charge in [-0.05, 0) is 82.1 Å². The minimum Gasteiger partial charge on any atom is -0.463 e. The zero-order chi connectivity index (χ0) is 49.5. The van der Waals surface area contributed by atoms with E-state index >= 15 is 0 Å². The van der Waals surface area contributed by atoms with Crippen LogP contribution in [0.3, 0.4) is 0 Å². The fourth-order valence-corrected chi connectivity index (χ4v) is 9.28. The highest BCUT2D eigenvalue weighted by molar-refractivity contribution is 6.21. The quantitative estimate of drug-likeness (QED) is 0.0176. The predicted octanol–water partition coefficient (Wildman–Crippen LogP) is 7.45. The zero-order valence-corrected chi connectivity index (χ0v) is 42.1. The molecule has 2 heterocycles. The molecule has 0 aromatic carbocycles. The van der Waals surface area contributed by atoms with E-state index < -0.39 is 108 Å². The van der Waals surface area contributed by atoms with Crippen molar-refractivity contribution in [3.63, 3.8) is 0 Å². The topological polar surface area (TPSA) is 221 Å². The molecule has 0 saturated carbocycles. The molecule has 13 nitrogen and oxygen atoms in total. The summed E-state index contributed by atoms with van der Waals surface area (Å²) in [6.07, 6.45) is 12.9. The molecule has 2 aliphatic heterocycles. The smallest absolute Gasteiger partial charge is 0.312 e. The molecule has 2 bridgehead atoms. The lowest BCUT2D eigenvalue weighted by Crippen LogP contribution is -2.42. The van der Waals surface area contributed by atoms with Crippen molar-refractivity contribution in [3.8, 4) is 0 Å². The van der Waals surface area contributed by atoms with Crippen molar-refractivity contribution >= 4 is 29.3 Å². The van der Waals surface area contributed by atoms with Crippen molar-refractivity contribution in [3.05, 3.63) is 36.0 Å². The fourth-order valence-electron chi connectivity index (χ4n) is 8.93. The number of carbonyl (C=O) groups excluding carboxylic acids is 3. The Morgan fingerprint density at radius 1 is 0.833 bits per heavy atom. The molecule has 1 saturated heterocycles. The van der Waals surface area contributed by atoms with E-state index in [0.717, 1.165) is 38.5 Å². The number of hydrogen-bond donors (Lipinski definition) is 7. The lowest BCUT2D eigenvalue weighted by molar-refractivity contribution is -0.167. The molecule has 1 unspecified atom stereocenters. The summed E-state index contributed by atoms with van der Waals surface area (Å²) in [5.74, 6) is -5.56. The first-order valence-electron chi connectivity index (χ1n) is 25.2. The number of aliphatic hydroxyl groups is 7. The number of allylic oxidation sites excluding steroid dienone is 4. The first-order chi connectivity index (χ1) is 31.2. The highest BCUT2D eigenvalue weighted by Gasteiger charge is 2.47. The number of ketones is 1. The van der Waals surface area contributed by atoms with Gasteiger partial charge in [-0.3, -0.25) is 14.4 Å². The van der Waals surface area contributed by atoms with E-state index in [1.165, 1.54) is 57.9 Å². The number of Topliss-reactive ketones (excluding diaryl/α,β-unsaturated/α-hetero) is 1. The van der Waals surface area contributed by atoms with Gasteiger partial charge in [-0.15, -0.1) is 11.6 Å². The van der Waals surface area contributed by atoms with E-state index in [1.807, 2.05) is 6.92 Å². The molecule has 2 rings (SSSR count). The normalized spacial score (nSPS) is 29.9. The van der Waals surface area contributed by atoms with Gasteiger partial charge in [0.1, 0.15) is 43.2 Å². The number of halogens is 1. The maximum atomic E-state index is 13.2. The fraction of sp³-hybridized carbons (Fsp3) is 0.827. The third kappa shape index (κ3) is 20.8. The largest absolute Gasteiger partial charge is 0.463 e. The standard InChI is InChI=1S/C52H89ClO13/c1-9-10-11-12-13-14-15-16-17-18-19-20-21-22-23-24-45(57)64-31-42(56)39(53)29-35(5)47(59)37(7)46(58)34(4)27-32(2)28-41(55)51-44-30-43(65-51)50(62)40(54)26-25-33(3)36(6)48(60)49(61)38(8)52(63)66-44/h16-17,25-27,32-33,35-44,46-47,49-51,54-56,58-59,61-62H,9-15,18-24,28-31H2,1-8H3/b17-16-,26-25+,34-27+/t32-,33+,35+,36?,37+,38-,39-,40-,41-,42-,43-,44+,46-,47-,49-,50-,51-/m0/s1. The number of carbonyl (C=O) groups is 3. The van der Waals surface area contributed by atoms with Gasteiger partial charge in [0.05, 0.1) is 35.7 Å². The predicted molar refractivity (Wildman–Crippen MR) is 257 cm³/mol. The van der Waals surface area contributed by atoms with Crippen LogP contribution < -0.4 is 0 Å². The van der Waals surface area contributed by atoms with Gasteiger partial charge in [-0.1, -0.05) is 123 Å². The van der Waals surface area contributed by atoms with E-state index in [2.05, 4.69) is 19.1 Å². The SMILES string of the molecule is CCCCCCCC/C=C\CCCCCCCC(=O)OC[C@H](O)[C@@H](Cl)C[C@@H](C)[C@H](O)[C@H](C)[C@@H](O)/C(C)=C/[C@H](C)C[C@H](O)[C@@H]1O[C@H]2C[C@H]1OC(=O)[C@@H](C)[C@H](O)C(=O)C(C)[C@H](C)/C=C/[C@H](O)[C@@H]2O. The van der Waals surface area contributed by atoms with Crippen LogP contribution in [0, 0.1) is 35.5 Å². The average Bonchev–Trinajstić information content (AvgIpc) is 3.72. The van der Waals surface area contributed by atoms with Crippen molar-refractivity contribution in [2.45, 2.75) is 231 Å². The van der Waals surface area contributed by atoms with Gasteiger partial charge in [0.15, 0.2) is 5.78 Å². The van der Waals surface area contributed by atoms with Crippen LogP contribution in [-0.4, -0.2) is 126 Å². The number of aliphatic hydroxyl groups excluding tert-OH is 7. The van der Waals surface area contributed by atoms with Gasteiger partial charge in [0.25, 0.3) is 0 Å². The summed E-state index contributed by atoms with van der Waals surface area (Å²) in [5.41, 5.74) is 0.536. The summed E-state index contributed by atoms with van der Waals surface area (Å²) in [5, 5.41) is 76.3. The molecule has 66 heavy (non-hydrogen) atoms. The molecule has 0 radical (unpaired) electrons. The van der Waals surface area contributed by atoms with E-state index in [0.29, 0.717) is 5.57 Å². The molecule has 382 valence electrons. The van der Waals surface area contributed by atoms with Crippen LogP contribution in [0.1, 0.15) is 165 Å². The van der Waals surface area contributed by atoms with E-state index in [-0.39, 0.29) is 44.2 Å². The average molecular weight is 958 g/mol. The molecular weight excluding hydrogens is 868 g/mol. The number of ether oxygens (including phenoxy) is 3. The number of unbranched alkanes of at least 4 members (excludes halogenated alkanes) is 11. The van der Waals surface area contributed by atoms with Gasteiger partial charge >= 0.3 is 11.9 Å². The van der Waals surface area contributed by atoms with Gasteiger partial charge < -0.3 is 50.0 Å². The molecule has 0 aliphatic carbocycles. The van der Waals surface area contributed by atoms with Crippen LogP contribution in [0.2, 0.25) is 0 Å². The van der Waals surface area contributed by atoms with Crippen LogP contribution in [-0.2, 0) is 28.6 Å². The third-order valence-corrected chi connectivity index (χ3v) is 14.3. The van der Waals surface area contributed by atoms with Crippen molar-refractivity contribution in [1.82, 2.24) is 0 Å². The Morgan fingerprint density at radius 2 is 1.42 bits per heavy atom. The van der Waals surface area contributed by atoms with Crippen molar-refractivity contribution in [1.29, 1.82) is 0 Å². The summed E-state index contributed by atoms with van der Waals surface area (Å²) in [7, 11) is 0. The third-order valence-electron chi connectivity index (χ3n) is 13.8. The number of alkyl halides is 1. The molecule has 0 aromatic rings. The van der Waals surface area contributed by atoms with Crippen molar-refractivity contribution in [2.75, 3.05) is 6.61 Å². The molecule has 0 spiro atoms. The zero-order valence-electron chi connectivity index (χ0n) is 41.4. The Balaban J connectivity index is 1.83. The van der Waals surface area contributed by atoms with Crippen LogP contribution in [0.15, 0.2) is 36.0 Å². The van der Waals surface area contributed by atoms with Gasteiger partial charge in [-0.2, -0.15) is 0 Å². The molecule has 17 atom stereocenters.